The van der Waals surface area contributed by atoms with Crippen molar-refractivity contribution in [2.24, 2.45) is 0 Å². The van der Waals surface area contributed by atoms with E-state index in [4.69, 9.17) is 9.47 Å². The number of aromatic nitrogens is 3. The van der Waals surface area contributed by atoms with Crippen molar-refractivity contribution in [3.8, 4) is 5.75 Å². The van der Waals surface area contributed by atoms with Crippen molar-refractivity contribution in [1.29, 1.82) is 0 Å². The summed E-state index contributed by atoms with van der Waals surface area (Å²) in [4.78, 5) is 13.6. The summed E-state index contributed by atoms with van der Waals surface area (Å²) in [7, 11) is 2.84. The Kier molecular flexibility index (Phi) is 6.15. The van der Waals surface area contributed by atoms with Gasteiger partial charge in [0.15, 0.2) is 23.2 Å². The van der Waals surface area contributed by atoms with Crippen molar-refractivity contribution in [2.75, 3.05) is 32.8 Å². The molecular weight excluding hydrogens is 422 g/mol. The molecular formula is C22H22F2N4O4. The van der Waals surface area contributed by atoms with Gasteiger partial charge < -0.3 is 19.5 Å². The van der Waals surface area contributed by atoms with Gasteiger partial charge in [0.05, 0.1) is 39.5 Å². The summed E-state index contributed by atoms with van der Waals surface area (Å²) in [6.45, 7) is 1.05. The van der Waals surface area contributed by atoms with Gasteiger partial charge in [-0.1, -0.05) is 24.3 Å². The fourth-order valence-corrected chi connectivity index (χ4v) is 3.48. The number of nitrogens with zero attached hydrogens (tertiary/aromatic N) is 3. The van der Waals surface area contributed by atoms with E-state index in [9.17, 15) is 13.6 Å². The SMILES string of the molecule is COc1c(F)cc(Cn2ncc(NC(=O)Cc3ccc(C4(OC)COC4)cc3)n2)cc1F. The van der Waals surface area contributed by atoms with E-state index in [1.54, 1.807) is 7.11 Å². The van der Waals surface area contributed by atoms with Crippen molar-refractivity contribution in [3.63, 3.8) is 0 Å². The Hall–Kier alpha value is -3.37. The third kappa shape index (κ3) is 4.46. The molecule has 1 saturated heterocycles. The van der Waals surface area contributed by atoms with E-state index >= 15 is 0 Å². The lowest BCUT2D eigenvalue weighted by Crippen LogP contribution is -2.48. The van der Waals surface area contributed by atoms with Crippen LogP contribution in [0.5, 0.6) is 5.75 Å². The molecule has 0 unspecified atom stereocenters. The fourth-order valence-electron chi connectivity index (χ4n) is 3.48. The van der Waals surface area contributed by atoms with Crippen molar-refractivity contribution < 1.29 is 27.8 Å². The van der Waals surface area contributed by atoms with Gasteiger partial charge in [0.1, 0.15) is 5.60 Å². The first kappa shape index (κ1) is 21.8. The molecule has 2 heterocycles. The second-order valence-corrected chi connectivity index (χ2v) is 7.47. The highest BCUT2D eigenvalue weighted by Gasteiger charge is 2.40. The van der Waals surface area contributed by atoms with Gasteiger partial charge in [0.2, 0.25) is 5.91 Å². The molecule has 1 aliphatic heterocycles. The minimum atomic E-state index is -0.810. The fraction of sp³-hybridized carbons (Fsp3) is 0.318. The molecule has 0 radical (unpaired) electrons. The van der Waals surface area contributed by atoms with Crippen molar-refractivity contribution in [2.45, 2.75) is 18.6 Å². The van der Waals surface area contributed by atoms with Crippen LogP contribution in [0.2, 0.25) is 0 Å². The van der Waals surface area contributed by atoms with Gasteiger partial charge >= 0.3 is 0 Å². The van der Waals surface area contributed by atoms with Crippen molar-refractivity contribution in [3.05, 3.63) is 70.9 Å². The number of benzene rings is 2. The van der Waals surface area contributed by atoms with Crippen LogP contribution in [0, 0.1) is 11.6 Å². The Labute approximate surface area is 183 Å². The monoisotopic (exact) mass is 444 g/mol. The third-order valence-corrected chi connectivity index (χ3v) is 5.30. The predicted octanol–water partition coefficient (Wildman–Crippen LogP) is 2.67. The number of ether oxygens (including phenoxy) is 3. The van der Waals surface area contributed by atoms with E-state index in [1.165, 1.54) is 18.1 Å². The zero-order valence-corrected chi connectivity index (χ0v) is 17.6. The Balaban J connectivity index is 1.35. The molecule has 32 heavy (non-hydrogen) atoms. The van der Waals surface area contributed by atoms with Crippen molar-refractivity contribution in [1.82, 2.24) is 15.0 Å². The van der Waals surface area contributed by atoms with Crippen molar-refractivity contribution >= 4 is 11.7 Å². The Bertz CT molecular complexity index is 1080. The molecule has 1 aliphatic rings. The molecule has 1 fully saturated rings. The molecule has 1 amide bonds. The molecule has 0 atom stereocenters. The zero-order chi connectivity index (χ0) is 22.7. The van der Waals surface area contributed by atoms with Crippen LogP contribution in [0.4, 0.5) is 14.6 Å². The average Bonchev–Trinajstić information content (AvgIpc) is 3.15. The van der Waals surface area contributed by atoms with Gasteiger partial charge in [-0.3, -0.25) is 4.79 Å². The third-order valence-electron chi connectivity index (χ3n) is 5.30. The number of anilines is 1. The first-order valence-corrected chi connectivity index (χ1v) is 9.86. The number of rotatable bonds is 8. The number of amides is 1. The molecule has 2 aromatic carbocycles. The summed E-state index contributed by atoms with van der Waals surface area (Å²) in [5.74, 6) is -2.08. The molecule has 10 heteroatoms. The maximum absolute atomic E-state index is 13.8. The van der Waals surface area contributed by atoms with Gasteiger partial charge in [-0.05, 0) is 28.8 Å². The lowest BCUT2D eigenvalue weighted by atomic mass is 9.91. The minimum Gasteiger partial charge on any atom is -0.491 e. The Morgan fingerprint density at radius 3 is 2.41 bits per heavy atom. The van der Waals surface area contributed by atoms with E-state index in [2.05, 4.69) is 20.3 Å². The van der Waals surface area contributed by atoms with Crippen LogP contribution >= 0.6 is 0 Å². The van der Waals surface area contributed by atoms with E-state index in [-0.39, 0.29) is 24.7 Å². The highest BCUT2D eigenvalue weighted by molar-refractivity contribution is 5.91. The molecule has 0 bridgehead atoms. The first-order valence-electron chi connectivity index (χ1n) is 9.86. The van der Waals surface area contributed by atoms with Crippen LogP contribution in [-0.2, 0) is 32.8 Å². The van der Waals surface area contributed by atoms with Gasteiger partial charge in [-0.25, -0.2) is 8.78 Å². The van der Waals surface area contributed by atoms with Gasteiger partial charge in [-0.2, -0.15) is 9.90 Å². The molecule has 1 N–H and O–H groups in total. The van der Waals surface area contributed by atoms with Gasteiger partial charge in [0, 0.05) is 7.11 Å². The number of nitrogens with one attached hydrogen (secondary N) is 1. The minimum absolute atomic E-state index is 0.0279. The average molecular weight is 444 g/mol. The summed E-state index contributed by atoms with van der Waals surface area (Å²) in [6.07, 6.45) is 1.52. The highest BCUT2D eigenvalue weighted by Crippen LogP contribution is 2.33. The second-order valence-electron chi connectivity index (χ2n) is 7.47. The number of halogens is 2. The lowest BCUT2D eigenvalue weighted by molar-refractivity contribution is -0.202. The van der Waals surface area contributed by atoms with Crippen LogP contribution in [0.25, 0.3) is 0 Å². The molecule has 0 saturated carbocycles. The standard InChI is InChI=1S/C22H22F2N4O4/c1-30-21-17(23)7-15(8-18(21)24)11-28-25-10-19(27-28)26-20(29)9-14-3-5-16(6-4-14)22(31-2)12-32-13-22/h3-8,10H,9,11-13H2,1-2H3,(H,26,27,29). The number of carbonyl (C=O) groups excluding carboxylic acids is 1. The maximum Gasteiger partial charge on any atom is 0.230 e. The predicted molar refractivity (Wildman–Crippen MR) is 110 cm³/mol. The van der Waals surface area contributed by atoms with E-state index in [0.29, 0.717) is 18.8 Å². The van der Waals surface area contributed by atoms with Crippen LogP contribution in [0.15, 0.2) is 42.6 Å². The van der Waals surface area contributed by atoms with E-state index in [0.717, 1.165) is 23.3 Å². The zero-order valence-electron chi connectivity index (χ0n) is 17.6. The van der Waals surface area contributed by atoms with E-state index in [1.807, 2.05) is 24.3 Å². The smallest absolute Gasteiger partial charge is 0.230 e. The lowest BCUT2D eigenvalue weighted by Gasteiger charge is -2.40. The molecule has 0 aliphatic carbocycles. The Morgan fingerprint density at radius 1 is 1.16 bits per heavy atom. The summed E-state index contributed by atoms with van der Waals surface area (Å²) < 4.78 is 43.2. The quantitative estimate of drug-likeness (QED) is 0.575. The number of hydrogen-bond donors (Lipinski definition) is 1. The number of methoxy groups -OCH3 is 2. The second kappa shape index (κ2) is 9.01. The topological polar surface area (TPSA) is 87.5 Å². The highest BCUT2D eigenvalue weighted by atomic mass is 19.1. The van der Waals surface area contributed by atoms with Crippen LogP contribution in [0.3, 0.4) is 0 Å². The number of hydrogen-bond acceptors (Lipinski definition) is 6. The van der Waals surface area contributed by atoms with Gasteiger partial charge in [0.25, 0.3) is 0 Å². The number of carbonyl (C=O) groups is 1. The molecule has 3 aromatic rings. The molecule has 4 rings (SSSR count). The summed E-state index contributed by atoms with van der Waals surface area (Å²) in [6, 6.07) is 9.90. The molecule has 8 nitrogen and oxygen atoms in total. The first-order chi connectivity index (χ1) is 15.4. The molecule has 168 valence electrons. The maximum atomic E-state index is 13.8. The largest absolute Gasteiger partial charge is 0.491 e. The van der Waals surface area contributed by atoms with Crippen LogP contribution in [0.1, 0.15) is 16.7 Å². The van der Waals surface area contributed by atoms with Crippen LogP contribution in [-0.4, -0.2) is 48.3 Å². The van der Waals surface area contributed by atoms with Gasteiger partial charge in [-0.15, -0.1) is 5.10 Å². The summed E-state index contributed by atoms with van der Waals surface area (Å²) in [5, 5.41) is 10.8. The molecule has 0 spiro atoms. The summed E-state index contributed by atoms with van der Waals surface area (Å²) in [5.41, 5.74) is 1.74. The van der Waals surface area contributed by atoms with Crippen LogP contribution < -0.4 is 10.1 Å². The Morgan fingerprint density at radius 2 is 1.84 bits per heavy atom. The normalized spacial score (nSPS) is 14.6. The van der Waals surface area contributed by atoms with E-state index < -0.39 is 23.0 Å². The molecule has 1 aromatic heterocycles. The summed E-state index contributed by atoms with van der Waals surface area (Å²) >= 11 is 0.